The van der Waals surface area contributed by atoms with Gasteiger partial charge in [-0.1, -0.05) is 23.2 Å². The first-order valence-electron chi connectivity index (χ1n) is 1.82. The quantitative estimate of drug-likeness (QED) is 0.435. The monoisotopic (exact) mass is 184 g/mol. The van der Waals surface area contributed by atoms with Gasteiger partial charge < -0.3 is 0 Å². The normalized spacial score (nSPS) is 14.0. The maximum atomic E-state index is 11.3. The van der Waals surface area contributed by atoms with Gasteiger partial charge in [-0.15, -0.1) is 0 Å². The molecule has 0 nitrogen and oxygen atoms in total. The van der Waals surface area contributed by atoms with Crippen LogP contribution in [0.25, 0.3) is 0 Å². The standard InChI is InChI=1S/C3H2Cl2F4/c4-2(5,1-6)3(7,8)9/h1H2. The summed E-state index contributed by atoms with van der Waals surface area (Å²) < 4.78 is 42.0. The number of rotatable bonds is 1. The average molecular weight is 185 g/mol. The summed E-state index contributed by atoms with van der Waals surface area (Å²) in [6.45, 7) is -1.83. The zero-order chi connectivity index (χ0) is 7.71. The van der Waals surface area contributed by atoms with Gasteiger partial charge in [0.2, 0.25) is 4.33 Å². The van der Waals surface area contributed by atoms with Gasteiger partial charge in [0.1, 0.15) is 6.67 Å². The van der Waals surface area contributed by atoms with Gasteiger partial charge in [0.25, 0.3) is 0 Å². The fourth-order valence-corrected chi connectivity index (χ4v) is 0.0758. The zero-order valence-corrected chi connectivity index (χ0v) is 5.49. The van der Waals surface area contributed by atoms with E-state index in [1.54, 1.807) is 0 Å². The van der Waals surface area contributed by atoms with Gasteiger partial charge in [0.05, 0.1) is 0 Å². The molecule has 6 heteroatoms. The Morgan fingerprint density at radius 3 is 1.44 bits per heavy atom. The highest BCUT2D eigenvalue weighted by atomic mass is 35.5. The van der Waals surface area contributed by atoms with Crippen LogP contribution in [0.2, 0.25) is 0 Å². The van der Waals surface area contributed by atoms with Crippen molar-refractivity contribution < 1.29 is 17.6 Å². The fourth-order valence-electron chi connectivity index (χ4n) is 0.0758. The summed E-state index contributed by atoms with van der Waals surface area (Å²) in [4.78, 5) is 0. The Morgan fingerprint density at radius 1 is 1.11 bits per heavy atom. The van der Waals surface area contributed by atoms with Gasteiger partial charge in [-0.3, -0.25) is 0 Å². The van der Waals surface area contributed by atoms with E-state index in [2.05, 4.69) is 23.2 Å². The van der Waals surface area contributed by atoms with Crippen LogP contribution in [0.1, 0.15) is 0 Å². The molecule has 0 atom stereocenters. The molecule has 0 spiro atoms. The van der Waals surface area contributed by atoms with E-state index in [0.29, 0.717) is 0 Å². The summed E-state index contributed by atoms with van der Waals surface area (Å²) >= 11 is 8.92. The van der Waals surface area contributed by atoms with Crippen molar-refractivity contribution in [2.45, 2.75) is 10.5 Å². The van der Waals surface area contributed by atoms with Crippen molar-refractivity contribution in [1.29, 1.82) is 0 Å². The second kappa shape index (κ2) is 2.50. The van der Waals surface area contributed by atoms with Crippen LogP contribution in [0.5, 0.6) is 0 Å². The van der Waals surface area contributed by atoms with Crippen LogP contribution < -0.4 is 0 Å². The van der Waals surface area contributed by atoms with E-state index in [9.17, 15) is 17.6 Å². The number of alkyl halides is 6. The summed E-state index contributed by atoms with van der Waals surface area (Å²) in [5, 5.41) is 0. The predicted octanol–water partition coefficient (Wildman–Crippen LogP) is 2.69. The first-order valence-corrected chi connectivity index (χ1v) is 2.57. The first-order chi connectivity index (χ1) is 3.81. The van der Waals surface area contributed by atoms with E-state index in [1.165, 1.54) is 0 Å². The molecule has 0 aliphatic rings. The van der Waals surface area contributed by atoms with E-state index < -0.39 is 17.2 Å². The van der Waals surface area contributed by atoms with Crippen molar-refractivity contribution in [2.75, 3.05) is 6.67 Å². The minimum absolute atomic E-state index is 1.83. The second-order valence-corrected chi connectivity index (χ2v) is 2.82. The van der Waals surface area contributed by atoms with Crippen LogP contribution in [-0.2, 0) is 0 Å². The van der Waals surface area contributed by atoms with Gasteiger partial charge in [0, 0.05) is 0 Å². The van der Waals surface area contributed by atoms with Crippen molar-refractivity contribution in [3.63, 3.8) is 0 Å². The lowest BCUT2D eigenvalue weighted by molar-refractivity contribution is -0.144. The Labute approximate surface area is 58.7 Å². The van der Waals surface area contributed by atoms with Gasteiger partial charge >= 0.3 is 6.18 Å². The second-order valence-electron chi connectivity index (χ2n) is 1.34. The molecule has 0 rings (SSSR count). The lowest BCUT2D eigenvalue weighted by atomic mass is 10.4. The van der Waals surface area contributed by atoms with E-state index in [4.69, 9.17) is 0 Å². The van der Waals surface area contributed by atoms with Crippen LogP contribution in [0.15, 0.2) is 0 Å². The molecular weight excluding hydrogens is 183 g/mol. The summed E-state index contributed by atoms with van der Waals surface area (Å²) in [7, 11) is 0. The molecular formula is C3H2Cl2F4. The van der Waals surface area contributed by atoms with Gasteiger partial charge in [0.15, 0.2) is 0 Å². The molecule has 0 aromatic heterocycles. The third-order valence-corrected chi connectivity index (χ3v) is 1.21. The van der Waals surface area contributed by atoms with E-state index in [-0.39, 0.29) is 0 Å². The predicted molar refractivity (Wildman–Crippen MR) is 26.5 cm³/mol. The minimum atomic E-state index is -4.90. The van der Waals surface area contributed by atoms with Crippen LogP contribution >= 0.6 is 23.2 Å². The maximum Gasteiger partial charge on any atom is 0.424 e. The van der Waals surface area contributed by atoms with Crippen molar-refractivity contribution >= 4 is 23.2 Å². The molecule has 0 aromatic carbocycles. The van der Waals surface area contributed by atoms with Crippen molar-refractivity contribution in [3.8, 4) is 0 Å². The fraction of sp³-hybridized carbons (Fsp3) is 1.00. The molecule has 0 N–H and O–H groups in total. The minimum Gasteiger partial charge on any atom is -0.247 e. The van der Waals surface area contributed by atoms with E-state index >= 15 is 0 Å². The molecule has 0 fully saturated rings. The first kappa shape index (κ1) is 9.30. The molecule has 0 unspecified atom stereocenters. The Kier molecular flexibility index (Phi) is 2.58. The number of hydrogen-bond acceptors (Lipinski definition) is 0. The van der Waals surface area contributed by atoms with Crippen LogP contribution in [0.3, 0.4) is 0 Å². The number of hydrogen-bond donors (Lipinski definition) is 0. The molecule has 0 aliphatic carbocycles. The highest BCUT2D eigenvalue weighted by molar-refractivity contribution is 6.49. The van der Waals surface area contributed by atoms with E-state index in [0.717, 1.165) is 0 Å². The molecule has 56 valence electrons. The lowest BCUT2D eigenvalue weighted by Gasteiger charge is -2.18. The Balaban J connectivity index is 4.14. The number of halogens is 6. The van der Waals surface area contributed by atoms with Crippen molar-refractivity contribution in [1.82, 2.24) is 0 Å². The summed E-state index contributed by atoms with van der Waals surface area (Å²) in [5.74, 6) is 0. The molecule has 0 aliphatic heterocycles. The van der Waals surface area contributed by atoms with Crippen LogP contribution in [-0.4, -0.2) is 17.2 Å². The lowest BCUT2D eigenvalue weighted by Crippen LogP contribution is -2.35. The largest absolute Gasteiger partial charge is 0.424 e. The van der Waals surface area contributed by atoms with Crippen molar-refractivity contribution in [2.24, 2.45) is 0 Å². The highest BCUT2D eigenvalue weighted by Crippen LogP contribution is 2.39. The molecule has 0 saturated carbocycles. The topological polar surface area (TPSA) is 0 Å². The SMILES string of the molecule is FCC(Cl)(Cl)C(F)(F)F. The molecule has 0 radical (unpaired) electrons. The third kappa shape index (κ3) is 2.18. The van der Waals surface area contributed by atoms with Crippen molar-refractivity contribution in [3.05, 3.63) is 0 Å². The molecule has 0 heterocycles. The molecule has 9 heavy (non-hydrogen) atoms. The van der Waals surface area contributed by atoms with Gasteiger partial charge in [-0.2, -0.15) is 13.2 Å². The summed E-state index contributed by atoms with van der Waals surface area (Å²) in [5.41, 5.74) is 0. The maximum absolute atomic E-state index is 11.3. The Bertz CT molecular complexity index is 96.5. The molecule has 0 saturated heterocycles. The van der Waals surface area contributed by atoms with Crippen LogP contribution in [0, 0.1) is 0 Å². The summed E-state index contributed by atoms with van der Waals surface area (Å²) in [6, 6.07) is 0. The Morgan fingerprint density at radius 2 is 1.44 bits per heavy atom. The van der Waals surface area contributed by atoms with Gasteiger partial charge in [-0.05, 0) is 0 Å². The smallest absolute Gasteiger partial charge is 0.247 e. The van der Waals surface area contributed by atoms with Crippen LogP contribution in [0.4, 0.5) is 17.6 Å². The molecule has 0 amide bonds. The van der Waals surface area contributed by atoms with Gasteiger partial charge in [-0.25, -0.2) is 4.39 Å². The van der Waals surface area contributed by atoms with E-state index in [1.807, 2.05) is 0 Å². The third-order valence-electron chi connectivity index (χ3n) is 0.583. The Hall–Kier alpha value is 0.300. The zero-order valence-electron chi connectivity index (χ0n) is 3.97. The average Bonchev–Trinajstić information content (AvgIpc) is 1.64. The highest BCUT2D eigenvalue weighted by Gasteiger charge is 2.52. The molecule has 0 bridgehead atoms. The summed E-state index contributed by atoms with van der Waals surface area (Å²) in [6.07, 6.45) is -4.90. The molecule has 0 aromatic rings.